The van der Waals surface area contributed by atoms with Gasteiger partial charge in [-0.2, -0.15) is 0 Å². The summed E-state index contributed by atoms with van der Waals surface area (Å²) in [7, 11) is 0. The Morgan fingerprint density at radius 2 is 1.94 bits per heavy atom. The smallest absolute Gasteiger partial charge is 0.326 e. The van der Waals surface area contributed by atoms with Crippen molar-refractivity contribution in [3.8, 4) is 0 Å². The van der Waals surface area contributed by atoms with E-state index in [0.717, 1.165) is 19.3 Å². The number of carboxylic acids is 1. The third-order valence-corrected chi connectivity index (χ3v) is 3.21. The highest BCUT2D eigenvalue weighted by Crippen LogP contribution is 2.26. The number of nitrogens with one attached hydrogen (secondary N) is 1. The standard InChI is InChI=1S/C11H20N2O3/c1-2-8(9(14)15)13-10(16)11(12)6-4-3-5-7-11/h8H,2-7,12H2,1H3,(H,13,16)(H,14,15). The van der Waals surface area contributed by atoms with Gasteiger partial charge in [0.15, 0.2) is 0 Å². The molecule has 5 nitrogen and oxygen atoms in total. The lowest BCUT2D eigenvalue weighted by molar-refractivity contribution is -0.143. The van der Waals surface area contributed by atoms with Gasteiger partial charge in [-0.05, 0) is 19.3 Å². The van der Waals surface area contributed by atoms with Crippen LogP contribution in [0.1, 0.15) is 45.4 Å². The fraction of sp³-hybridized carbons (Fsp3) is 0.818. The number of aliphatic carboxylic acids is 1. The van der Waals surface area contributed by atoms with Crippen LogP contribution in [0.5, 0.6) is 0 Å². The summed E-state index contributed by atoms with van der Waals surface area (Å²) in [6.45, 7) is 1.73. The lowest BCUT2D eigenvalue weighted by Crippen LogP contribution is -2.58. The number of nitrogens with two attached hydrogens (primary N) is 1. The Morgan fingerprint density at radius 1 is 1.38 bits per heavy atom. The molecule has 0 saturated heterocycles. The summed E-state index contributed by atoms with van der Waals surface area (Å²) >= 11 is 0. The first kappa shape index (κ1) is 13.0. The minimum absolute atomic E-state index is 0.318. The molecule has 0 aliphatic heterocycles. The van der Waals surface area contributed by atoms with Crippen LogP contribution >= 0.6 is 0 Å². The first-order valence-corrected chi connectivity index (χ1v) is 5.82. The van der Waals surface area contributed by atoms with E-state index in [1.165, 1.54) is 0 Å². The molecule has 1 unspecified atom stereocenters. The summed E-state index contributed by atoms with van der Waals surface area (Å²) < 4.78 is 0. The highest BCUT2D eigenvalue weighted by molar-refractivity contribution is 5.90. The average Bonchev–Trinajstić information content (AvgIpc) is 2.26. The lowest BCUT2D eigenvalue weighted by Gasteiger charge is -2.32. The van der Waals surface area contributed by atoms with Gasteiger partial charge in [0.05, 0.1) is 5.54 Å². The molecule has 0 bridgehead atoms. The van der Waals surface area contributed by atoms with Crippen LogP contribution in [0.3, 0.4) is 0 Å². The summed E-state index contributed by atoms with van der Waals surface area (Å²) in [6, 6.07) is -0.824. The first-order chi connectivity index (χ1) is 7.49. The SMILES string of the molecule is CCC(NC(=O)C1(N)CCCCC1)C(=O)O. The topological polar surface area (TPSA) is 92.4 Å². The van der Waals surface area contributed by atoms with Crippen LogP contribution in [-0.4, -0.2) is 28.6 Å². The normalized spacial score (nSPS) is 21.1. The molecule has 0 aromatic carbocycles. The number of hydrogen-bond acceptors (Lipinski definition) is 3. The Kier molecular flexibility index (Phi) is 4.29. The van der Waals surface area contributed by atoms with Crippen LogP contribution in [-0.2, 0) is 9.59 Å². The fourth-order valence-electron chi connectivity index (χ4n) is 2.05. The van der Waals surface area contributed by atoms with Gasteiger partial charge in [-0.3, -0.25) is 4.79 Å². The van der Waals surface area contributed by atoms with E-state index < -0.39 is 17.6 Å². The third kappa shape index (κ3) is 2.95. The van der Waals surface area contributed by atoms with E-state index >= 15 is 0 Å². The zero-order valence-corrected chi connectivity index (χ0v) is 9.66. The summed E-state index contributed by atoms with van der Waals surface area (Å²) in [5.74, 6) is -1.32. The molecule has 1 rings (SSSR count). The molecule has 0 heterocycles. The molecule has 1 saturated carbocycles. The fourth-order valence-corrected chi connectivity index (χ4v) is 2.05. The van der Waals surface area contributed by atoms with Crippen LogP contribution in [0.2, 0.25) is 0 Å². The van der Waals surface area contributed by atoms with E-state index in [1.807, 2.05) is 0 Å². The lowest BCUT2D eigenvalue weighted by atomic mass is 9.81. The molecule has 0 aromatic heterocycles. The largest absolute Gasteiger partial charge is 0.480 e. The maximum atomic E-state index is 11.9. The van der Waals surface area contributed by atoms with Gasteiger partial charge < -0.3 is 16.2 Å². The van der Waals surface area contributed by atoms with Gasteiger partial charge in [0, 0.05) is 0 Å². The van der Waals surface area contributed by atoms with Crippen molar-refractivity contribution >= 4 is 11.9 Å². The van der Waals surface area contributed by atoms with E-state index in [4.69, 9.17) is 10.8 Å². The van der Waals surface area contributed by atoms with Gasteiger partial charge in [0.2, 0.25) is 5.91 Å². The monoisotopic (exact) mass is 228 g/mol. The molecule has 1 amide bonds. The third-order valence-electron chi connectivity index (χ3n) is 3.21. The van der Waals surface area contributed by atoms with Gasteiger partial charge >= 0.3 is 5.97 Å². The molecular formula is C11H20N2O3. The first-order valence-electron chi connectivity index (χ1n) is 5.82. The van der Waals surface area contributed by atoms with Crippen LogP contribution in [0.4, 0.5) is 0 Å². The maximum absolute atomic E-state index is 11.9. The Bertz CT molecular complexity index is 272. The second-order valence-corrected chi connectivity index (χ2v) is 4.49. The van der Waals surface area contributed by atoms with Gasteiger partial charge in [-0.1, -0.05) is 26.2 Å². The van der Waals surface area contributed by atoms with E-state index in [2.05, 4.69) is 5.32 Å². The quantitative estimate of drug-likeness (QED) is 0.658. The maximum Gasteiger partial charge on any atom is 0.326 e. The highest BCUT2D eigenvalue weighted by atomic mass is 16.4. The van der Waals surface area contributed by atoms with Crippen molar-refractivity contribution in [2.24, 2.45) is 5.73 Å². The van der Waals surface area contributed by atoms with Crippen molar-refractivity contribution in [1.29, 1.82) is 0 Å². The van der Waals surface area contributed by atoms with Crippen molar-refractivity contribution < 1.29 is 14.7 Å². The highest BCUT2D eigenvalue weighted by Gasteiger charge is 2.36. The molecule has 5 heteroatoms. The molecule has 0 spiro atoms. The molecule has 16 heavy (non-hydrogen) atoms. The predicted molar refractivity (Wildman–Crippen MR) is 59.9 cm³/mol. The number of amides is 1. The van der Waals surface area contributed by atoms with Crippen LogP contribution < -0.4 is 11.1 Å². The Balaban J connectivity index is 2.59. The second kappa shape index (κ2) is 5.30. The van der Waals surface area contributed by atoms with Crippen molar-refractivity contribution in [2.45, 2.75) is 57.0 Å². The molecule has 1 atom stereocenters. The average molecular weight is 228 g/mol. The number of hydrogen-bond donors (Lipinski definition) is 3. The van der Waals surface area contributed by atoms with Gasteiger partial charge in [-0.15, -0.1) is 0 Å². The summed E-state index contributed by atoms with van der Waals surface area (Å²) in [4.78, 5) is 22.7. The van der Waals surface area contributed by atoms with Gasteiger partial charge in [0.25, 0.3) is 0 Å². The van der Waals surface area contributed by atoms with Crippen LogP contribution in [0.25, 0.3) is 0 Å². The van der Waals surface area contributed by atoms with E-state index in [0.29, 0.717) is 19.3 Å². The molecular weight excluding hydrogens is 208 g/mol. The van der Waals surface area contributed by atoms with Gasteiger partial charge in [-0.25, -0.2) is 4.79 Å². The zero-order valence-electron chi connectivity index (χ0n) is 9.66. The number of carbonyl (C=O) groups excluding carboxylic acids is 1. The van der Waals surface area contributed by atoms with Crippen LogP contribution in [0, 0.1) is 0 Å². The molecule has 0 aromatic rings. The van der Waals surface area contributed by atoms with Gasteiger partial charge in [0.1, 0.15) is 6.04 Å². The summed E-state index contributed by atoms with van der Waals surface area (Å²) in [5.41, 5.74) is 5.14. The number of carboxylic acid groups (broad SMARTS) is 1. The minimum atomic E-state index is -1.00. The van der Waals surface area contributed by atoms with Crippen molar-refractivity contribution in [2.75, 3.05) is 0 Å². The summed E-state index contributed by atoms with van der Waals surface area (Å²) in [5, 5.41) is 11.4. The number of carbonyl (C=O) groups is 2. The molecule has 0 radical (unpaired) electrons. The van der Waals surface area contributed by atoms with Crippen molar-refractivity contribution in [3.63, 3.8) is 0 Å². The number of rotatable bonds is 4. The molecule has 1 aliphatic carbocycles. The molecule has 1 fully saturated rings. The zero-order chi connectivity index (χ0) is 12.2. The molecule has 1 aliphatic rings. The van der Waals surface area contributed by atoms with Crippen LogP contribution in [0.15, 0.2) is 0 Å². The Hall–Kier alpha value is -1.10. The Morgan fingerprint density at radius 3 is 2.38 bits per heavy atom. The predicted octanol–water partition coefficient (Wildman–Crippen LogP) is 0.627. The minimum Gasteiger partial charge on any atom is -0.480 e. The van der Waals surface area contributed by atoms with E-state index in [9.17, 15) is 9.59 Å². The van der Waals surface area contributed by atoms with E-state index in [-0.39, 0.29) is 5.91 Å². The second-order valence-electron chi connectivity index (χ2n) is 4.49. The molecule has 92 valence electrons. The molecule has 4 N–H and O–H groups in total. The van der Waals surface area contributed by atoms with Crippen molar-refractivity contribution in [3.05, 3.63) is 0 Å². The van der Waals surface area contributed by atoms with E-state index in [1.54, 1.807) is 6.92 Å². The Labute approximate surface area is 95.4 Å². The summed E-state index contributed by atoms with van der Waals surface area (Å²) in [6.07, 6.45) is 4.64. The van der Waals surface area contributed by atoms with Crippen molar-refractivity contribution in [1.82, 2.24) is 5.32 Å².